The van der Waals surface area contributed by atoms with Gasteiger partial charge >= 0.3 is 0 Å². The zero-order valence-corrected chi connectivity index (χ0v) is 8.57. The lowest BCUT2D eigenvalue weighted by atomic mass is 10.2. The monoisotopic (exact) mass is 205 g/mol. The molecule has 15 heavy (non-hydrogen) atoms. The third-order valence-electron chi connectivity index (χ3n) is 2.58. The van der Waals surface area contributed by atoms with E-state index >= 15 is 0 Å². The molecule has 0 saturated heterocycles. The number of nitrogen functional groups attached to an aromatic ring is 1. The molecule has 1 aromatic rings. The highest BCUT2D eigenvalue weighted by molar-refractivity contribution is 5.93. The molecule has 0 aromatic carbocycles. The van der Waals surface area contributed by atoms with Crippen LogP contribution in [0.3, 0.4) is 0 Å². The van der Waals surface area contributed by atoms with Gasteiger partial charge in [0, 0.05) is 12.7 Å². The quantitative estimate of drug-likeness (QED) is 0.776. The van der Waals surface area contributed by atoms with Gasteiger partial charge in [0.1, 0.15) is 5.82 Å². The molecule has 4 heteroatoms. The fourth-order valence-corrected chi connectivity index (χ4v) is 1.44. The van der Waals surface area contributed by atoms with E-state index in [1.165, 1.54) is 19.0 Å². The van der Waals surface area contributed by atoms with E-state index in [-0.39, 0.29) is 5.91 Å². The van der Waals surface area contributed by atoms with Crippen molar-refractivity contribution in [1.29, 1.82) is 0 Å². The first-order chi connectivity index (χ1) is 7.25. The zero-order chi connectivity index (χ0) is 10.7. The summed E-state index contributed by atoms with van der Waals surface area (Å²) < 4.78 is 0. The molecule has 1 heterocycles. The lowest BCUT2D eigenvalue weighted by molar-refractivity contribution is 0.0952. The van der Waals surface area contributed by atoms with Gasteiger partial charge in [-0.2, -0.15) is 0 Å². The number of pyridine rings is 1. The Morgan fingerprint density at radius 3 is 2.93 bits per heavy atom. The van der Waals surface area contributed by atoms with Crippen molar-refractivity contribution in [3.05, 3.63) is 23.9 Å². The van der Waals surface area contributed by atoms with E-state index in [1.54, 1.807) is 12.1 Å². The molecule has 80 valence electrons. The van der Waals surface area contributed by atoms with Crippen LogP contribution in [0.4, 0.5) is 5.82 Å². The second-order valence-electron chi connectivity index (χ2n) is 3.96. The first kappa shape index (κ1) is 9.96. The zero-order valence-electron chi connectivity index (χ0n) is 8.57. The molecular formula is C11H15N3O. The first-order valence-corrected chi connectivity index (χ1v) is 5.25. The maximum atomic E-state index is 11.6. The molecule has 3 N–H and O–H groups in total. The SMILES string of the molecule is Nc1ccc(C(=O)NCCC2CC2)cn1. The summed E-state index contributed by atoms with van der Waals surface area (Å²) >= 11 is 0. The number of hydrogen-bond donors (Lipinski definition) is 2. The average Bonchev–Trinajstić information content (AvgIpc) is 3.02. The Morgan fingerprint density at radius 1 is 1.53 bits per heavy atom. The molecule has 1 amide bonds. The van der Waals surface area contributed by atoms with Crippen molar-refractivity contribution in [3.8, 4) is 0 Å². The van der Waals surface area contributed by atoms with E-state index in [2.05, 4.69) is 10.3 Å². The summed E-state index contributed by atoms with van der Waals surface area (Å²) in [5.41, 5.74) is 6.00. The van der Waals surface area contributed by atoms with Crippen LogP contribution in [0.1, 0.15) is 29.6 Å². The Balaban J connectivity index is 1.81. The van der Waals surface area contributed by atoms with Crippen molar-refractivity contribution in [2.75, 3.05) is 12.3 Å². The lowest BCUT2D eigenvalue weighted by Crippen LogP contribution is -2.24. The van der Waals surface area contributed by atoms with Crippen LogP contribution in [-0.2, 0) is 0 Å². The summed E-state index contributed by atoms with van der Waals surface area (Å²) in [5.74, 6) is 1.21. The minimum atomic E-state index is -0.0665. The molecule has 0 unspecified atom stereocenters. The van der Waals surface area contributed by atoms with Gasteiger partial charge < -0.3 is 11.1 Å². The summed E-state index contributed by atoms with van der Waals surface area (Å²) in [6.45, 7) is 0.758. The summed E-state index contributed by atoms with van der Waals surface area (Å²) in [4.78, 5) is 15.4. The number of amides is 1. The molecule has 0 spiro atoms. The van der Waals surface area contributed by atoms with E-state index < -0.39 is 0 Å². The minimum absolute atomic E-state index is 0.0665. The summed E-state index contributed by atoms with van der Waals surface area (Å²) in [6, 6.07) is 3.32. The highest BCUT2D eigenvalue weighted by Crippen LogP contribution is 2.31. The van der Waals surface area contributed by atoms with Crippen molar-refractivity contribution in [2.24, 2.45) is 5.92 Å². The van der Waals surface area contributed by atoms with Crippen LogP contribution in [0, 0.1) is 5.92 Å². The minimum Gasteiger partial charge on any atom is -0.384 e. The van der Waals surface area contributed by atoms with Gasteiger partial charge in [0.15, 0.2) is 0 Å². The number of nitrogens with zero attached hydrogens (tertiary/aromatic N) is 1. The predicted molar refractivity (Wildman–Crippen MR) is 58.3 cm³/mol. The molecule has 0 radical (unpaired) electrons. The number of rotatable bonds is 4. The largest absolute Gasteiger partial charge is 0.384 e. The maximum absolute atomic E-state index is 11.6. The van der Waals surface area contributed by atoms with Crippen molar-refractivity contribution < 1.29 is 4.79 Å². The van der Waals surface area contributed by atoms with Crippen LogP contribution in [0.15, 0.2) is 18.3 Å². The summed E-state index contributed by atoms with van der Waals surface area (Å²) in [6.07, 6.45) is 5.23. The van der Waals surface area contributed by atoms with Gasteiger partial charge in [-0.1, -0.05) is 12.8 Å². The van der Waals surface area contributed by atoms with Gasteiger partial charge in [0.05, 0.1) is 5.56 Å². The Labute approximate surface area is 88.9 Å². The number of nitrogens with two attached hydrogens (primary N) is 1. The molecule has 0 bridgehead atoms. The first-order valence-electron chi connectivity index (χ1n) is 5.25. The second kappa shape index (κ2) is 4.29. The number of aromatic nitrogens is 1. The van der Waals surface area contributed by atoms with Crippen LogP contribution in [-0.4, -0.2) is 17.4 Å². The van der Waals surface area contributed by atoms with Gasteiger partial charge in [-0.3, -0.25) is 4.79 Å². The van der Waals surface area contributed by atoms with Crippen LogP contribution >= 0.6 is 0 Å². The Kier molecular flexibility index (Phi) is 2.85. The lowest BCUT2D eigenvalue weighted by Gasteiger charge is -2.04. The number of hydrogen-bond acceptors (Lipinski definition) is 3. The Morgan fingerprint density at radius 2 is 2.33 bits per heavy atom. The van der Waals surface area contributed by atoms with Crippen LogP contribution in [0.25, 0.3) is 0 Å². The number of anilines is 1. The number of carbonyl (C=O) groups excluding carboxylic acids is 1. The Hall–Kier alpha value is -1.58. The summed E-state index contributed by atoms with van der Waals surface area (Å²) in [5, 5.41) is 2.87. The van der Waals surface area contributed by atoms with Crippen molar-refractivity contribution in [2.45, 2.75) is 19.3 Å². The van der Waals surface area contributed by atoms with E-state index in [1.807, 2.05) is 0 Å². The molecule has 0 aliphatic heterocycles. The van der Waals surface area contributed by atoms with Crippen LogP contribution in [0.5, 0.6) is 0 Å². The van der Waals surface area contributed by atoms with Gasteiger partial charge in [-0.25, -0.2) is 4.98 Å². The van der Waals surface area contributed by atoms with Gasteiger partial charge in [-0.15, -0.1) is 0 Å². The van der Waals surface area contributed by atoms with Crippen molar-refractivity contribution >= 4 is 11.7 Å². The molecule has 1 aliphatic carbocycles. The highest BCUT2D eigenvalue weighted by atomic mass is 16.1. The van der Waals surface area contributed by atoms with E-state index in [9.17, 15) is 4.79 Å². The van der Waals surface area contributed by atoms with E-state index in [0.717, 1.165) is 18.9 Å². The smallest absolute Gasteiger partial charge is 0.252 e. The fourth-order valence-electron chi connectivity index (χ4n) is 1.44. The molecule has 1 fully saturated rings. The van der Waals surface area contributed by atoms with Crippen LogP contribution in [0.2, 0.25) is 0 Å². The fraction of sp³-hybridized carbons (Fsp3) is 0.455. The average molecular weight is 205 g/mol. The van der Waals surface area contributed by atoms with Gasteiger partial charge in [0.25, 0.3) is 5.91 Å². The molecule has 1 aromatic heterocycles. The van der Waals surface area contributed by atoms with Gasteiger partial charge in [-0.05, 0) is 24.5 Å². The topological polar surface area (TPSA) is 68.0 Å². The van der Waals surface area contributed by atoms with Crippen molar-refractivity contribution in [1.82, 2.24) is 10.3 Å². The molecule has 4 nitrogen and oxygen atoms in total. The molecule has 2 rings (SSSR count). The third kappa shape index (κ3) is 2.94. The van der Waals surface area contributed by atoms with Crippen molar-refractivity contribution in [3.63, 3.8) is 0 Å². The van der Waals surface area contributed by atoms with Crippen LogP contribution < -0.4 is 11.1 Å². The normalized spacial score (nSPS) is 14.9. The maximum Gasteiger partial charge on any atom is 0.252 e. The second-order valence-corrected chi connectivity index (χ2v) is 3.96. The molecule has 0 atom stereocenters. The van der Waals surface area contributed by atoms with Gasteiger partial charge in [0.2, 0.25) is 0 Å². The number of carbonyl (C=O) groups is 1. The predicted octanol–water partition coefficient (Wildman–Crippen LogP) is 1.19. The van der Waals surface area contributed by atoms with E-state index in [4.69, 9.17) is 5.73 Å². The molecular weight excluding hydrogens is 190 g/mol. The summed E-state index contributed by atoms with van der Waals surface area (Å²) in [7, 11) is 0. The van der Waals surface area contributed by atoms with E-state index in [0.29, 0.717) is 11.4 Å². The molecule has 1 saturated carbocycles. The highest BCUT2D eigenvalue weighted by Gasteiger charge is 2.20. The Bertz CT molecular complexity index is 343. The standard InChI is InChI=1S/C11H15N3O/c12-10-4-3-9(7-14-10)11(15)13-6-5-8-1-2-8/h3-4,7-8H,1-2,5-6H2,(H2,12,14)(H,13,15). The number of nitrogens with one attached hydrogen (secondary N) is 1. The molecule has 1 aliphatic rings. The third-order valence-corrected chi connectivity index (χ3v) is 2.58.